The van der Waals surface area contributed by atoms with Crippen molar-refractivity contribution in [3.05, 3.63) is 29.9 Å². The van der Waals surface area contributed by atoms with E-state index in [9.17, 15) is 0 Å². The first-order chi connectivity index (χ1) is 6.24. The SMILES string of the molecule is C=CCCNc1nc(Cl)ccc1N. The Bertz CT molecular complexity index is 299. The molecule has 0 unspecified atom stereocenters. The van der Waals surface area contributed by atoms with Crippen LogP contribution in [0.2, 0.25) is 5.15 Å². The van der Waals surface area contributed by atoms with E-state index < -0.39 is 0 Å². The Hall–Kier alpha value is -1.22. The minimum Gasteiger partial charge on any atom is -0.396 e. The number of nitrogen functional groups attached to an aromatic ring is 1. The van der Waals surface area contributed by atoms with Gasteiger partial charge in [0, 0.05) is 6.54 Å². The molecule has 70 valence electrons. The standard InChI is InChI=1S/C9H12ClN3/c1-2-3-6-12-9-7(11)4-5-8(10)13-9/h2,4-5H,1,3,6,11H2,(H,12,13). The molecule has 0 saturated carbocycles. The molecule has 1 aromatic heterocycles. The largest absolute Gasteiger partial charge is 0.396 e. The van der Waals surface area contributed by atoms with Crippen LogP contribution in [0.15, 0.2) is 24.8 Å². The number of hydrogen-bond donors (Lipinski definition) is 2. The van der Waals surface area contributed by atoms with Crippen molar-refractivity contribution in [2.24, 2.45) is 0 Å². The Kier molecular flexibility index (Phi) is 3.58. The summed E-state index contributed by atoms with van der Waals surface area (Å²) in [5, 5.41) is 3.50. The van der Waals surface area contributed by atoms with Crippen LogP contribution in [-0.2, 0) is 0 Å². The first-order valence-corrected chi connectivity index (χ1v) is 4.38. The predicted molar refractivity (Wildman–Crippen MR) is 57.0 cm³/mol. The average molecular weight is 198 g/mol. The van der Waals surface area contributed by atoms with Gasteiger partial charge in [-0.25, -0.2) is 4.98 Å². The van der Waals surface area contributed by atoms with Crippen molar-refractivity contribution in [1.29, 1.82) is 0 Å². The smallest absolute Gasteiger partial charge is 0.150 e. The van der Waals surface area contributed by atoms with Crippen molar-refractivity contribution < 1.29 is 0 Å². The molecule has 0 fully saturated rings. The molecule has 13 heavy (non-hydrogen) atoms. The van der Waals surface area contributed by atoms with Crippen molar-refractivity contribution in [3.63, 3.8) is 0 Å². The zero-order valence-electron chi connectivity index (χ0n) is 7.26. The van der Waals surface area contributed by atoms with Gasteiger partial charge in [0.1, 0.15) is 5.15 Å². The first-order valence-electron chi connectivity index (χ1n) is 4.01. The average Bonchev–Trinajstić information content (AvgIpc) is 2.11. The summed E-state index contributed by atoms with van der Waals surface area (Å²) in [5.41, 5.74) is 6.27. The molecule has 0 amide bonds. The molecule has 0 saturated heterocycles. The maximum atomic E-state index is 5.70. The summed E-state index contributed by atoms with van der Waals surface area (Å²) in [6.07, 6.45) is 2.70. The number of hydrogen-bond acceptors (Lipinski definition) is 3. The Labute approximate surface area is 82.6 Å². The van der Waals surface area contributed by atoms with Crippen LogP contribution in [0.5, 0.6) is 0 Å². The zero-order valence-corrected chi connectivity index (χ0v) is 8.01. The summed E-state index contributed by atoms with van der Waals surface area (Å²) in [6, 6.07) is 3.39. The topological polar surface area (TPSA) is 50.9 Å². The third-order valence-corrected chi connectivity index (χ3v) is 1.74. The van der Waals surface area contributed by atoms with Crippen LogP contribution in [0, 0.1) is 0 Å². The van der Waals surface area contributed by atoms with Gasteiger partial charge in [-0.05, 0) is 18.6 Å². The van der Waals surface area contributed by atoms with Crippen molar-refractivity contribution in [1.82, 2.24) is 4.98 Å². The van der Waals surface area contributed by atoms with Gasteiger partial charge in [-0.1, -0.05) is 17.7 Å². The van der Waals surface area contributed by atoms with E-state index in [0.717, 1.165) is 13.0 Å². The first kappa shape index (κ1) is 9.86. The Morgan fingerprint density at radius 3 is 3.08 bits per heavy atom. The van der Waals surface area contributed by atoms with Crippen LogP contribution in [0.4, 0.5) is 11.5 Å². The fraction of sp³-hybridized carbons (Fsp3) is 0.222. The monoisotopic (exact) mass is 197 g/mol. The van der Waals surface area contributed by atoms with Gasteiger partial charge < -0.3 is 11.1 Å². The van der Waals surface area contributed by atoms with Gasteiger partial charge in [0.15, 0.2) is 5.82 Å². The van der Waals surface area contributed by atoms with Crippen LogP contribution < -0.4 is 11.1 Å². The molecule has 1 aromatic rings. The van der Waals surface area contributed by atoms with Crippen LogP contribution in [-0.4, -0.2) is 11.5 Å². The second-order valence-corrected chi connectivity index (χ2v) is 2.96. The summed E-state index contributed by atoms with van der Waals surface area (Å²) in [4.78, 5) is 4.04. The van der Waals surface area contributed by atoms with Gasteiger partial charge in [-0.15, -0.1) is 6.58 Å². The second kappa shape index (κ2) is 4.72. The van der Waals surface area contributed by atoms with Gasteiger partial charge in [0.2, 0.25) is 0 Å². The summed E-state index contributed by atoms with van der Waals surface area (Å²) in [5.74, 6) is 0.634. The molecule has 0 radical (unpaired) electrons. The van der Waals surface area contributed by atoms with E-state index in [4.69, 9.17) is 17.3 Å². The molecule has 0 bridgehead atoms. The highest BCUT2D eigenvalue weighted by atomic mass is 35.5. The van der Waals surface area contributed by atoms with Crippen LogP contribution in [0.1, 0.15) is 6.42 Å². The molecule has 0 aliphatic heterocycles. The molecule has 0 aliphatic carbocycles. The minimum atomic E-state index is 0.440. The number of aromatic nitrogens is 1. The van der Waals surface area contributed by atoms with E-state index in [2.05, 4.69) is 16.9 Å². The van der Waals surface area contributed by atoms with Crippen molar-refractivity contribution >= 4 is 23.1 Å². The summed E-state index contributed by atoms with van der Waals surface area (Å²) in [6.45, 7) is 4.38. The summed E-state index contributed by atoms with van der Waals surface area (Å²) >= 11 is 5.70. The molecular formula is C9H12ClN3. The second-order valence-electron chi connectivity index (χ2n) is 2.58. The normalized spacial score (nSPS) is 9.62. The maximum Gasteiger partial charge on any atom is 0.150 e. The van der Waals surface area contributed by atoms with E-state index in [1.807, 2.05) is 6.08 Å². The highest BCUT2D eigenvalue weighted by Crippen LogP contribution is 2.17. The quantitative estimate of drug-likeness (QED) is 0.443. The predicted octanol–water partition coefficient (Wildman–Crippen LogP) is 2.31. The third kappa shape index (κ3) is 2.95. The molecule has 0 spiro atoms. The number of nitrogens with zero attached hydrogens (tertiary/aromatic N) is 1. The fourth-order valence-electron chi connectivity index (χ4n) is 0.880. The maximum absolute atomic E-state index is 5.70. The molecule has 1 heterocycles. The zero-order chi connectivity index (χ0) is 9.68. The van der Waals surface area contributed by atoms with E-state index in [-0.39, 0.29) is 0 Å². The molecule has 4 heteroatoms. The summed E-state index contributed by atoms with van der Waals surface area (Å²) < 4.78 is 0. The van der Waals surface area contributed by atoms with Crippen molar-refractivity contribution in [2.75, 3.05) is 17.6 Å². The lowest BCUT2D eigenvalue weighted by Gasteiger charge is -2.06. The lowest BCUT2D eigenvalue weighted by Crippen LogP contribution is -2.05. The Morgan fingerprint density at radius 1 is 1.62 bits per heavy atom. The van der Waals surface area contributed by atoms with Gasteiger partial charge in [0.05, 0.1) is 5.69 Å². The molecule has 1 rings (SSSR count). The number of nitrogens with one attached hydrogen (secondary N) is 1. The molecular weight excluding hydrogens is 186 g/mol. The van der Waals surface area contributed by atoms with Crippen molar-refractivity contribution in [3.8, 4) is 0 Å². The van der Waals surface area contributed by atoms with E-state index in [1.165, 1.54) is 0 Å². The highest BCUT2D eigenvalue weighted by molar-refractivity contribution is 6.29. The Balaban J connectivity index is 2.64. The number of rotatable bonds is 4. The van der Waals surface area contributed by atoms with Crippen LogP contribution >= 0.6 is 11.6 Å². The number of nitrogens with two attached hydrogens (primary N) is 1. The van der Waals surface area contributed by atoms with E-state index in [0.29, 0.717) is 16.7 Å². The van der Waals surface area contributed by atoms with Gasteiger partial charge in [-0.3, -0.25) is 0 Å². The van der Waals surface area contributed by atoms with Crippen molar-refractivity contribution in [2.45, 2.75) is 6.42 Å². The molecule has 3 N–H and O–H groups in total. The molecule has 0 aliphatic rings. The lowest BCUT2D eigenvalue weighted by molar-refractivity contribution is 1.05. The van der Waals surface area contributed by atoms with Crippen LogP contribution in [0.3, 0.4) is 0 Å². The minimum absolute atomic E-state index is 0.440. The molecule has 0 aromatic carbocycles. The summed E-state index contributed by atoms with van der Waals surface area (Å²) in [7, 11) is 0. The Morgan fingerprint density at radius 2 is 2.38 bits per heavy atom. The highest BCUT2D eigenvalue weighted by Gasteiger charge is 1.99. The lowest BCUT2D eigenvalue weighted by atomic mass is 10.3. The van der Waals surface area contributed by atoms with Gasteiger partial charge in [0.25, 0.3) is 0 Å². The van der Waals surface area contributed by atoms with Gasteiger partial charge in [-0.2, -0.15) is 0 Å². The molecule has 3 nitrogen and oxygen atoms in total. The van der Waals surface area contributed by atoms with Crippen LogP contribution in [0.25, 0.3) is 0 Å². The number of pyridine rings is 1. The van der Waals surface area contributed by atoms with E-state index >= 15 is 0 Å². The van der Waals surface area contributed by atoms with Gasteiger partial charge >= 0.3 is 0 Å². The van der Waals surface area contributed by atoms with E-state index in [1.54, 1.807) is 12.1 Å². The molecule has 0 atom stereocenters. The number of anilines is 2. The number of halogens is 1. The third-order valence-electron chi connectivity index (χ3n) is 1.53. The fourth-order valence-corrected chi connectivity index (χ4v) is 1.03.